The van der Waals surface area contributed by atoms with E-state index in [1.165, 1.54) is 12.3 Å². The summed E-state index contributed by atoms with van der Waals surface area (Å²) in [5.41, 5.74) is -0.548. The minimum atomic E-state index is -0.548. The van der Waals surface area contributed by atoms with Crippen molar-refractivity contribution in [3.8, 4) is 0 Å². The standard InChI is InChI=1S/C16H26FN3O3/c1-16(2,3)23-15(21)18-13-10-19(7-8-22-4)11-14(13)20-6-5-12(17)9-20/h5-6,9,13-14H,7-8,10-11H2,1-4H3,(H,18,21)/t13-,14?/m1/s1. The van der Waals surface area contributed by atoms with Crippen LogP contribution in [0.15, 0.2) is 18.5 Å². The minimum absolute atomic E-state index is 0.0381. The highest BCUT2D eigenvalue weighted by atomic mass is 19.1. The Morgan fingerprint density at radius 2 is 2.17 bits per heavy atom. The van der Waals surface area contributed by atoms with Crippen molar-refractivity contribution in [1.29, 1.82) is 0 Å². The number of alkyl carbamates (subject to hydrolysis) is 1. The van der Waals surface area contributed by atoms with Gasteiger partial charge in [0.1, 0.15) is 11.4 Å². The van der Waals surface area contributed by atoms with E-state index >= 15 is 0 Å². The number of halogens is 1. The molecule has 0 aliphatic carbocycles. The van der Waals surface area contributed by atoms with E-state index in [9.17, 15) is 9.18 Å². The molecule has 1 saturated heterocycles. The Morgan fingerprint density at radius 3 is 2.74 bits per heavy atom. The molecule has 1 N–H and O–H groups in total. The molecule has 1 aliphatic heterocycles. The van der Waals surface area contributed by atoms with Crippen molar-refractivity contribution < 1.29 is 18.7 Å². The summed E-state index contributed by atoms with van der Waals surface area (Å²) in [7, 11) is 1.66. The van der Waals surface area contributed by atoms with Crippen LogP contribution in [0, 0.1) is 5.82 Å². The van der Waals surface area contributed by atoms with Gasteiger partial charge in [0, 0.05) is 39.1 Å². The zero-order valence-corrected chi connectivity index (χ0v) is 14.2. The van der Waals surface area contributed by atoms with Gasteiger partial charge in [0.2, 0.25) is 0 Å². The maximum absolute atomic E-state index is 13.3. The van der Waals surface area contributed by atoms with Gasteiger partial charge in [-0.2, -0.15) is 0 Å². The van der Waals surface area contributed by atoms with E-state index in [4.69, 9.17) is 9.47 Å². The third kappa shape index (κ3) is 5.21. The van der Waals surface area contributed by atoms with E-state index in [2.05, 4.69) is 10.2 Å². The van der Waals surface area contributed by atoms with E-state index in [0.29, 0.717) is 13.2 Å². The van der Waals surface area contributed by atoms with Crippen molar-refractivity contribution in [2.45, 2.75) is 38.5 Å². The van der Waals surface area contributed by atoms with Crippen molar-refractivity contribution in [3.63, 3.8) is 0 Å². The third-order valence-corrected chi connectivity index (χ3v) is 3.74. The first-order chi connectivity index (χ1) is 10.8. The summed E-state index contributed by atoms with van der Waals surface area (Å²) in [4.78, 5) is 14.2. The van der Waals surface area contributed by atoms with E-state index in [1.807, 2.05) is 25.3 Å². The Morgan fingerprint density at radius 1 is 1.43 bits per heavy atom. The maximum atomic E-state index is 13.3. The minimum Gasteiger partial charge on any atom is -0.444 e. The smallest absolute Gasteiger partial charge is 0.407 e. The largest absolute Gasteiger partial charge is 0.444 e. The van der Waals surface area contributed by atoms with Crippen molar-refractivity contribution in [3.05, 3.63) is 24.3 Å². The molecule has 6 nitrogen and oxygen atoms in total. The Labute approximate surface area is 136 Å². The molecule has 0 saturated carbocycles. The van der Waals surface area contributed by atoms with Gasteiger partial charge in [-0.25, -0.2) is 9.18 Å². The van der Waals surface area contributed by atoms with Crippen LogP contribution in [-0.2, 0) is 9.47 Å². The first-order valence-corrected chi connectivity index (χ1v) is 7.82. The number of nitrogens with zero attached hydrogens (tertiary/aromatic N) is 2. The van der Waals surface area contributed by atoms with Crippen LogP contribution >= 0.6 is 0 Å². The fourth-order valence-corrected chi connectivity index (χ4v) is 2.76. The van der Waals surface area contributed by atoms with Crippen LogP contribution in [0.5, 0.6) is 0 Å². The molecule has 2 heterocycles. The lowest BCUT2D eigenvalue weighted by Gasteiger charge is -2.24. The molecule has 0 radical (unpaired) electrons. The molecule has 7 heteroatoms. The summed E-state index contributed by atoms with van der Waals surface area (Å²) in [5.74, 6) is -0.281. The second kappa shape index (κ2) is 7.31. The molecule has 1 aromatic heterocycles. The number of amides is 1. The number of likely N-dealkylation sites (tertiary alicyclic amines) is 1. The second-order valence-corrected chi connectivity index (χ2v) is 6.85. The van der Waals surface area contributed by atoms with Crippen LogP contribution in [0.4, 0.5) is 9.18 Å². The van der Waals surface area contributed by atoms with Crippen LogP contribution < -0.4 is 5.32 Å². The highest BCUT2D eigenvalue weighted by molar-refractivity contribution is 5.68. The average Bonchev–Trinajstić information content (AvgIpc) is 3.00. The molecule has 0 spiro atoms. The Bertz CT molecular complexity index is 527. The fourth-order valence-electron chi connectivity index (χ4n) is 2.76. The second-order valence-electron chi connectivity index (χ2n) is 6.85. The van der Waals surface area contributed by atoms with Gasteiger partial charge in [0.05, 0.1) is 18.7 Å². The molecule has 23 heavy (non-hydrogen) atoms. The van der Waals surface area contributed by atoms with Crippen LogP contribution in [-0.4, -0.2) is 60.6 Å². The topological polar surface area (TPSA) is 55.7 Å². The molecular formula is C16H26FN3O3. The average molecular weight is 327 g/mol. The number of carbonyl (C=O) groups is 1. The van der Waals surface area contributed by atoms with Gasteiger partial charge < -0.3 is 19.4 Å². The first kappa shape index (κ1) is 17.7. The van der Waals surface area contributed by atoms with Gasteiger partial charge in [0.15, 0.2) is 0 Å². The van der Waals surface area contributed by atoms with Gasteiger partial charge in [-0.1, -0.05) is 0 Å². The van der Waals surface area contributed by atoms with Crippen LogP contribution in [0.25, 0.3) is 0 Å². The molecule has 1 fully saturated rings. The summed E-state index contributed by atoms with van der Waals surface area (Å²) in [6.07, 6.45) is 2.70. The predicted molar refractivity (Wildman–Crippen MR) is 84.9 cm³/mol. The summed E-state index contributed by atoms with van der Waals surface area (Å²) in [6, 6.07) is 1.24. The van der Waals surface area contributed by atoms with Crippen molar-refractivity contribution in [1.82, 2.24) is 14.8 Å². The molecule has 1 amide bonds. The summed E-state index contributed by atoms with van der Waals surface area (Å²) >= 11 is 0. The van der Waals surface area contributed by atoms with Gasteiger partial charge in [-0.05, 0) is 26.8 Å². The molecule has 0 aromatic carbocycles. The lowest BCUT2D eigenvalue weighted by molar-refractivity contribution is 0.0496. The quantitative estimate of drug-likeness (QED) is 0.899. The normalized spacial score (nSPS) is 22.3. The fraction of sp³-hybridized carbons (Fsp3) is 0.688. The van der Waals surface area contributed by atoms with Crippen molar-refractivity contribution >= 4 is 6.09 Å². The molecular weight excluding hydrogens is 301 g/mol. The number of methoxy groups -OCH3 is 1. The van der Waals surface area contributed by atoms with Gasteiger partial charge in [0.25, 0.3) is 0 Å². The molecule has 1 unspecified atom stereocenters. The summed E-state index contributed by atoms with van der Waals surface area (Å²) in [6.45, 7) is 8.25. The number of ether oxygens (including phenoxy) is 2. The predicted octanol–water partition coefficient (Wildman–Crippen LogP) is 2.02. The molecule has 1 aliphatic rings. The number of aromatic nitrogens is 1. The van der Waals surface area contributed by atoms with E-state index in [1.54, 1.807) is 13.3 Å². The van der Waals surface area contributed by atoms with E-state index < -0.39 is 11.7 Å². The number of carbonyl (C=O) groups excluding carboxylic acids is 1. The summed E-state index contributed by atoms with van der Waals surface area (Å²) < 4.78 is 25.6. The van der Waals surface area contributed by atoms with Crippen LogP contribution in [0.1, 0.15) is 26.8 Å². The number of nitrogens with one attached hydrogen (secondary N) is 1. The molecule has 1 aromatic rings. The SMILES string of the molecule is COCCN1CC(n2ccc(F)c2)[C@H](NC(=O)OC(C)(C)C)C1. The van der Waals surface area contributed by atoms with E-state index in [-0.39, 0.29) is 17.9 Å². The number of rotatable bonds is 5. The molecule has 0 bridgehead atoms. The third-order valence-electron chi connectivity index (χ3n) is 3.74. The Kier molecular flexibility index (Phi) is 5.64. The highest BCUT2D eigenvalue weighted by Crippen LogP contribution is 2.23. The van der Waals surface area contributed by atoms with Crippen molar-refractivity contribution in [2.24, 2.45) is 0 Å². The lowest BCUT2D eigenvalue weighted by atomic mass is 10.1. The summed E-state index contributed by atoms with van der Waals surface area (Å²) in [5, 5.41) is 2.91. The monoisotopic (exact) mass is 327 g/mol. The van der Waals surface area contributed by atoms with Crippen molar-refractivity contribution in [2.75, 3.05) is 33.4 Å². The Balaban J connectivity index is 2.05. The Hall–Kier alpha value is -1.60. The van der Waals surface area contributed by atoms with E-state index in [0.717, 1.165) is 13.1 Å². The van der Waals surface area contributed by atoms with Crippen LogP contribution in [0.2, 0.25) is 0 Å². The zero-order chi connectivity index (χ0) is 17.0. The molecule has 130 valence electrons. The van der Waals surface area contributed by atoms with Crippen LogP contribution in [0.3, 0.4) is 0 Å². The molecule has 2 rings (SSSR count). The van der Waals surface area contributed by atoms with Gasteiger partial charge in [-0.15, -0.1) is 0 Å². The highest BCUT2D eigenvalue weighted by Gasteiger charge is 2.35. The maximum Gasteiger partial charge on any atom is 0.407 e. The lowest BCUT2D eigenvalue weighted by Crippen LogP contribution is -2.43. The number of hydrogen-bond donors (Lipinski definition) is 1. The van der Waals surface area contributed by atoms with Gasteiger partial charge in [-0.3, -0.25) is 4.90 Å². The number of hydrogen-bond acceptors (Lipinski definition) is 4. The van der Waals surface area contributed by atoms with Gasteiger partial charge >= 0.3 is 6.09 Å². The first-order valence-electron chi connectivity index (χ1n) is 7.82. The molecule has 2 atom stereocenters. The zero-order valence-electron chi connectivity index (χ0n) is 14.2.